The fourth-order valence-electron chi connectivity index (χ4n) is 3.74. The Labute approximate surface area is 197 Å². The normalized spacial score (nSPS) is 13.4. The summed E-state index contributed by atoms with van der Waals surface area (Å²) in [4.78, 5) is 14.5. The third kappa shape index (κ3) is 5.40. The minimum absolute atomic E-state index is 0.0164. The Bertz CT molecular complexity index is 1280. The van der Waals surface area contributed by atoms with Crippen molar-refractivity contribution >= 4 is 38.8 Å². The predicted octanol–water partition coefficient (Wildman–Crippen LogP) is 4.88. The molecular formula is C24H25FN4O4S. The molecule has 10 heteroatoms. The van der Waals surface area contributed by atoms with E-state index in [0.717, 1.165) is 25.9 Å². The van der Waals surface area contributed by atoms with Crippen molar-refractivity contribution in [2.45, 2.75) is 17.7 Å². The lowest BCUT2D eigenvalue weighted by Crippen LogP contribution is -2.24. The number of anilines is 4. The van der Waals surface area contributed by atoms with Crippen LogP contribution in [-0.4, -0.2) is 34.6 Å². The summed E-state index contributed by atoms with van der Waals surface area (Å²) in [6.45, 7) is 1.48. The highest BCUT2D eigenvalue weighted by Gasteiger charge is 2.25. The summed E-state index contributed by atoms with van der Waals surface area (Å²) in [5.74, 6) is 0.0294. The van der Waals surface area contributed by atoms with Crippen LogP contribution in [0.5, 0.6) is 5.75 Å². The van der Waals surface area contributed by atoms with Crippen LogP contribution < -0.4 is 25.0 Å². The first-order valence-corrected chi connectivity index (χ1v) is 12.2. The van der Waals surface area contributed by atoms with E-state index in [1.54, 1.807) is 42.5 Å². The number of benzene rings is 3. The average Bonchev–Trinajstić information content (AvgIpc) is 3.36. The van der Waals surface area contributed by atoms with E-state index in [1.165, 1.54) is 31.4 Å². The molecule has 1 aliphatic rings. The topological polar surface area (TPSA) is 99.8 Å². The van der Waals surface area contributed by atoms with Gasteiger partial charge >= 0.3 is 6.03 Å². The Morgan fingerprint density at radius 3 is 2.29 bits per heavy atom. The van der Waals surface area contributed by atoms with Crippen LogP contribution >= 0.6 is 0 Å². The van der Waals surface area contributed by atoms with Crippen molar-refractivity contribution in [2.24, 2.45) is 0 Å². The molecule has 0 saturated carbocycles. The van der Waals surface area contributed by atoms with Gasteiger partial charge in [-0.25, -0.2) is 17.6 Å². The molecule has 0 bridgehead atoms. The largest absolute Gasteiger partial charge is 0.497 e. The third-order valence-corrected chi connectivity index (χ3v) is 6.83. The molecule has 4 rings (SSSR count). The standard InChI is InChI=1S/C24H25FN4O4S/c1-33-19-11-8-17(9-12-19)28-34(31,32)23-16-18(10-13-22(23)29-14-4-5-15-29)26-24(30)27-21-7-3-2-6-20(21)25/h2-3,6-13,16,28H,4-5,14-15H2,1H3,(H2,26,27,30). The van der Waals surface area contributed by atoms with Gasteiger partial charge in [0.2, 0.25) is 0 Å². The molecule has 2 amide bonds. The molecule has 0 aromatic heterocycles. The van der Waals surface area contributed by atoms with E-state index in [4.69, 9.17) is 4.74 Å². The summed E-state index contributed by atoms with van der Waals surface area (Å²) in [7, 11) is -2.46. The zero-order chi connectivity index (χ0) is 24.1. The molecular weight excluding hydrogens is 459 g/mol. The van der Waals surface area contributed by atoms with Gasteiger partial charge in [0.25, 0.3) is 10.0 Å². The van der Waals surface area contributed by atoms with E-state index < -0.39 is 21.9 Å². The number of urea groups is 1. The lowest BCUT2D eigenvalue weighted by Gasteiger charge is -2.22. The van der Waals surface area contributed by atoms with E-state index >= 15 is 0 Å². The Kier molecular flexibility index (Phi) is 6.87. The fourth-order valence-corrected chi connectivity index (χ4v) is 5.05. The highest BCUT2D eigenvalue weighted by Crippen LogP contribution is 2.32. The molecule has 0 unspecified atom stereocenters. The van der Waals surface area contributed by atoms with Gasteiger partial charge in [0.1, 0.15) is 16.5 Å². The van der Waals surface area contributed by atoms with E-state index in [-0.39, 0.29) is 16.3 Å². The lowest BCUT2D eigenvalue weighted by atomic mass is 10.2. The van der Waals surface area contributed by atoms with Crippen molar-refractivity contribution in [1.82, 2.24) is 0 Å². The molecule has 3 N–H and O–H groups in total. The van der Waals surface area contributed by atoms with Gasteiger partial charge in [-0.15, -0.1) is 0 Å². The van der Waals surface area contributed by atoms with Gasteiger partial charge in [-0.05, 0) is 67.4 Å². The number of ether oxygens (including phenoxy) is 1. The van der Waals surface area contributed by atoms with Crippen LogP contribution in [0.2, 0.25) is 0 Å². The molecule has 3 aromatic rings. The van der Waals surface area contributed by atoms with Crippen molar-refractivity contribution in [3.05, 3.63) is 72.5 Å². The number of carbonyl (C=O) groups is 1. The zero-order valence-electron chi connectivity index (χ0n) is 18.5. The average molecular weight is 485 g/mol. The van der Waals surface area contributed by atoms with Crippen LogP contribution in [0.25, 0.3) is 0 Å². The van der Waals surface area contributed by atoms with Gasteiger partial charge in [-0.1, -0.05) is 12.1 Å². The van der Waals surface area contributed by atoms with Crippen molar-refractivity contribution < 1.29 is 22.3 Å². The number of hydrogen-bond acceptors (Lipinski definition) is 5. The maximum atomic E-state index is 13.8. The molecule has 0 aliphatic carbocycles. The number of halogens is 1. The van der Waals surface area contributed by atoms with Crippen molar-refractivity contribution in [1.29, 1.82) is 0 Å². The highest BCUT2D eigenvalue weighted by molar-refractivity contribution is 7.92. The Hall–Kier alpha value is -3.79. The first-order chi connectivity index (χ1) is 16.4. The molecule has 0 atom stereocenters. The maximum absolute atomic E-state index is 13.8. The fraction of sp³-hybridized carbons (Fsp3) is 0.208. The van der Waals surface area contributed by atoms with Crippen LogP contribution in [-0.2, 0) is 10.0 Å². The highest BCUT2D eigenvalue weighted by atomic mass is 32.2. The molecule has 8 nitrogen and oxygen atoms in total. The van der Waals surface area contributed by atoms with Gasteiger partial charge in [0.15, 0.2) is 0 Å². The van der Waals surface area contributed by atoms with Crippen LogP contribution in [0, 0.1) is 5.82 Å². The van der Waals surface area contributed by atoms with E-state index in [1.807, 2.05) is 4.90 Å². The number of hydrogen-bond donors (Lipinski definition) is 3. The van der Waals surface area contributed by atoms with Gasteiger partial charge in [0, 0.05) is 24.5 Å². The van der Waals surface area contributed by atoms with Crippen LogP contribution in [0.1, 0.15) is 12.8 Å². The molecule has 1 aliphatic heterocycles. The first-order valence-electron chi connectivity index (χ1n) is 10.7. The van der Waals surface area contributed by atoms with Gasteiger partial charge in [-0.3, -0.25) is 4.72 Å². The molecule has 1 fully saturated rings. The van der Waals surface area contributed by atoms with Crippen LogP contribution in [0.4, 0.5) is 31.9 Å². The number of rotatable bonds is 7. The third-order valence-electron chi connectivity index (χ3n) is 5.42. The monoisotopic (exact) mass is 484 g/mol. The summed E-state index contributed by atoms with van der Waals surface area (Å²) in [5, 5.41) is 5.01. The number of nitrogens with zero attached hydrogens (tertiary/aromatic N) is 1. The number of methoxy groups -OCH3 is 1. The van der Waals surface area contributed by atoms with Crippen molar-refractivity contribution in [2.75, 3.05) is 40.5 Å². The summed E-state index contributed by atoms with van der Waals surface area (Å²) < 4.78 is 48.3. The summed E-state index contributed by atoms with van der Waals surface area (Å²) in [6.07, 6.45) is 1.94. The number of amides is 2. The number of nitrogens with one attached hydrogen (secondary N) is 3. The Balaban J connectivity index is 1.61. The SMILES string of the molecule is COc1ccc(NS(=O)(=O)c2cc(NC(=O)Nc3ccccc3F)ccc2N2CCCC2)cc1. The second-order valence-electron chi connectivity index (χ2n) is 7.77. The second kappa shape index (κ2) is 10.0. The molecule has 3 aromatic carbocycles. The van der Waals surface area contributed by atoms with Crippen molar-refractivity contribution in [3.8, 4) is 5.75 Å². The summed E-state index contributed by atoms with van der Waals surface area (Å²) in [6, 6.07) is 16.3. The van der Waals surface area contributed by atoms with Crippen LogP contribution in [0.3, 0.4) is 0 Å². The van der Waals surface area contributed by atoms with E-state index in [2.05, 4.69) is 15.4 Å². The van der Waals surface area contributed by atoms with E-state index in [0.29, 0.717) is 17.1 Å². The van der Waals surface area contributed by atoms with Gasteiger partial charge in [0.05, 0.1) is 18.5 Å². The molecule has 0 spiro atoms. The molecule has 34 heavy (non-hydrogen) atoms. The minimum Gasteiger partial charge on any atom is -0.497 e. The summed E-state index contributed by atoms with van der Waals surface area (Å²) in [5.41, 5.74) is 1.21. The molecule has 1 saturated heterocycles. The smallest absolute Gasteiger partial charge is 0.323 e. The van der Waals surface area contributed by atoms with Gasteiger partial charge in [-0.2, -0.15) is 0 Å². The lowest BCUT2D eigenvalue weighted by molar-refractivity contribution is 0.262. The summed E-state index contributed by atoms with van der Waals surface area (Å²) >= 11 is 0. The first kappa shape index (κ1) is 23.4. The number of sulfonamides is 1. The molecule has 1 heterocycles. The zero-order valence-corrected chi connectivity index (χ0v) is 19.4. The number of carbonyl (C=O) groups excluding carboxylic acids is 1. The molecule has 178 valence electrons. The van der Waals surface area contributed by atoms with Crippen LogP contribution in [0.15, 0.2) is 71.6 Å². The van der Waals surface area contributed by atoms with Gasteiger partial charge < -0.3 is 20.3 Å². The van der Waals surface area contributed by atoms with E-state index in [9.17, 15) is 17.6 Å². The number of para-hydroxylation sites is 1. The predicted molar refractivity (Wildman–Crippen MR) is 131 cm³/mol. The Morgan fingerprint density at radius 2 is 1.62 bits per heavy atom. The minimum atomic E-state index is -3.99. The molecule has 0 radical (unpaired) electrons. The Morgan fingerprint density at radius 1 is 0.941 bits per heavy atom. The quantitative estimate of drug-likeness (QED) is 0.444. The maximum Gasteiger partial charge on any atom is 0.323 e. The van der Waals surface area contributed by atoms with Crippen molar-refractivity contribution in [3.63, 3.8) is 0 Å². The second-order valence-corrected chi connectivity index (χ2v) is 9.42.